The normalized spacial score (nSPS) is 26.5. The van der Waals surface area contributed by atoms with Crippen molar-refractivity contribution in [3.05, 3.63) is 0 Å². The van der Waals surface area contributed by atoms with Gasteiger partial charge in [-0.2, -0.15) is 0 Å². The van der Waals surface area contributed by atoms with Crippen LogP contribution in [0.4, 0.5) is 4.79 Å². The highest BCUT2D eigenvalue weighted by Crippen LogP contribution is 2.26. The number of aliphatic hydroxyl groups is 1. The van der Waals surface area contributed by atoms with Crippen LogP contribution < -0.4 is 10.6 Å². The van der Waals surface area contributed by atoms with Gasteiger partial charge in [0.15, 0.2) is 0 Å². The van der Waals surface area contributed by atoms with Gasteiger partial charge in [-0.15, -0.1) is 0 Å². The number of rotatable bonds is 5. The summed E-state index contributed by atoms with van der Waals surface area (Å²) in [5.41, 5.74) is 0. The van der Waals surface area contributed by atoms with Crippen molar-refractivity contribution in [3.63, 3.8) is 0 Å². The van der Waals surface area contributed by atoms with Crippen molar-refractivity contribution >= 4 is 6.03 Å². The molecule has 19 heavy (non-hydrogen) atoms. The average Bonchev–Trinajstić information content (AvgIpc) is 3.01. The molecule has 0 spiro atoms. The van der Waals surface area contributed by atoms with Crippen molar-refractivity contribution in [2.24, 2.45) is 5.92 Å². The van der Waals surface area contributed by atoms with E-state index >= 15 is 0 Å². The maximum atomic E-state index is 11.7. The second-order valence-corrected chi connectivity index (χ2v) is 6.10. The Bertz CT molecular complexity index is 292. The van der Waals surface area contributed by atoms with Crippen molar-refractivity contribution in [2.45, 2.75) is 51.1 Å². The topological polar surface area (TPSA) is 64.6 Å². The first-order chi connectivity index (χ1) is 9.17. The SMILES string of the molecule is C[C@@H](CO)NC(=O)NC1CCN(CC2CCCC2)C1. The second kappa shape index (κ2) is 7.10. The predicted octanol–water partition coefficient (Wildman–Crippen LogP) is 0.931. The van der Waals surface area contributed by atoms with Crippen molar-refractivity contribution in [1.82, 2.24) is 15.5 Å². The molecule has 2 fully saturated rings. The highest BCUT2D eigenvalue weighted by molar-refractivity contribution is 5.74. The molecule has 0 bridgehead atoms. The molecule has 2 aliphatic rings. The van der Waals surface area contributed by atoms with Crippen LogP contribution in [0.3, 0.4) is 0 Å². The first-order valence-electron chi connectivity index (χ1n) is 7.57. The Morgan fingerprint density at radius 3 is 2.79 bits per heavy atom. The summed E-state index contributed by atoms with van der Waals surface area (Å²) in [5.74, 6) is 0.877. The average molecular weight is 269 g/mol. The molecule has 1 aliphatic heterocycles. The van der Waals surface area contributed by atoms with Gasteiger partial charge in [-0.1, -0.05) is 12.8 Å². The maximum Gasteiger partial charge on any atom is 0.315 e. The molecule has 1 heterocycles. The molecule has 1 saturated heterocycles. The number of carbonyl (C=O) groups is 1. The predicted molar refractivity (Wildman–Crippen MR) is 75.0 cm³/mol. The monoisotopic (exact) mass is 269 g/mol. The van der Waals surface area contributed by atoms with Crippen molar-refractivity contribution in [2.75, 3.05) is 26.2 Å². The third-order valence-electron chi connectivity index (χ3n) is 4.25. The number of urea groups is 1. The minimum atomic E-state index is -0.184. The summed E-state index contributed by atoms with van der Waals surface area (Å²) in [5, 5.41) is 14.6. The number of hydrogen-bond donors (Lipinski definition) is 3. The van der Waals surface area contributed by atoms with Crippen molar-refractivity contribution in [3.8, 4) is 0 Å². The summed E-state index contributed by atoms with van der Waals surface area (Å²) in [6.07, 6.45) is 6.57. The van der Waals surface area contributed by atoms with E-state index in [2.05, 4.69) is 15.5 Å². The van der Waals surface area contributed by atoms with Gasteiger partial charge in [-0.25, -0.2) is 4.79 Å². The van der Waals surface area contributed by atoms with Crippen LogP contribution in [-0.2, 0) is 0 Å². The fraction of sp³-hybridized carbons (Fsp3) is 0.929. The van der Waals surface area contributed by atoms with Gasteiger partial charge in [0.2, 0.25) is 0 Å². The number of aliphatic hydroxyl groups excluding tert-OH is 1. The van der Waals surface area contributed by atoms with Crippen molar-refractivity contribution in [1.29, 1.82) is 0 Å². The van der Waals surface area contributed by atoms with E-state index in [1.54, 1.807) is 6.92 Å². The molecule has 2 amide bonds. The van der Waals surface area contributed by atoms with Gasteiger partial charge in [0.1, 0.15) is 0 Å². The van der Waals surface area contributed by atoms with Crippen LogP contribution in [-0.4, -0.2) is 54.4 Å². The number of hydrogen-bond acceptors (Lipinski definition) is 3. The zero-order valence-electron chi connectivity index (χ0n) is 11.9. The number of nitrogens with one attached hydrogen (secondary N) is 2. The molecule has 3 N–H and O–H groups in total. The van der Waals surface area contributed by atoms with E-state index in [1.807, 2.05) is 0 Å². The van der Waals surface area contributed by atoms with E-state index in [9.17, 15) is 4.79 Å². The largest absolute Gasteiger partial charge is 0.394 e. The zero-order chi connectivity index (χ0) is 13.7. The van der Waals surface area contributed by atoms with E-state index < -0.39 is 0 Å². The fourth-order valence-corrected chi connectivity index (χ4v) is 3.17. The maximum absolute atomic E-state index is 11.7. The molecule has 2 rings (SSSR count). The van der Waals surface area contributed by atoms with Gasteiger partial charge in [0, 0.05) is 25.7 Å². The van der Waals surface area contributed by atoms with Crippen LogP contribution in [0.15, 0.2) is 0 Å². The molecule has 0 aromatic carbocycles. The van der Waals surface area contributed by atoms with Crippen molar-refractivity contribution < 1.29 is 9.90 Å². The van der Waals surface area contributed by atoms with Gasteiger partial charge in [0.05, 0.1) is 12.6 Å². The Morgan fingerprint density at radius 2 is 2.11 bits per heavy atom. The smallest absolute Gasteiger partial charge is 0.315 e. The zero-order valence-corrected chi connectivity index (χ0v) is 11.9. The van der Waals surface area contributed by atoms with Crippen LogP contribution in [0.5, 0.6) is 0 Å². The summed E-state index contributed by atoms with van der Waals surface area (Å²) in [7, 11) is 0. The summed E-state index contributed by atoms with van der Waals surface area (Å²) in [6.45, 7) is 5.04. The first-order valence-corrected chi connectivity index (χ1v) is 7.57. The van der Waals surface area contributed by atoms with E-state index in [4.69, 9.17) is 5.11 Å². The summed E-state index contributed by atoms with van der Waals surface area (Å²) >= 11 is 0. The summed E-state index contributed by atoms with van der Waals surface area (Å²) < 4.78 is 0. The lowest BCUT2D eigenvalue weighted by atomic mass is 10.1. The quantitative estimate of drug-likeness (QED) is 0.696. The number of carbonyl (C=O) groups excluding carboxylic acids is 1. The molecule has 0 aromatic heterocycles. The van der Waals surface area contributed by atoms with Crippen LogP contribution >= 0.6 is 0 Å². The first kappa shape index (κ1) is 14.6. The van der Waals surface area contributed by atoms with Gasteiger partial charge in [-0.05, 0) is 32.1 Å². The molecule has 2 atom stereocenters. The Balaban J connectivity index is 1.65. The molecule has 0 radical (unpaired) electrons. The molecule has 0 aromatic rings. The second-order valence-electron chi connectivity index (χ2n) is 6.10. The lowest BCUT2D eigenvalue weighted by molar-refractivity contribution is 0.216. The van der Waals surface area contributed by atoms with E-state index in [0.717, 1.165) is 25.4 Å². The summed E-state index contributed by atoms with van der Waals surface area (Å²) in [4.78, 5) is 14.2. The molecule has 110 valence electrons. The van der Waals surface area contributed by atoms with Gasteiger partial charge >= 0.3 is 6.03 Å². The minimum absolute atomic E-state index is 0.0219. The van der Waals surface area contributed by atoms with Crippen LogP contribution in [0.2, 0.25) is 0 Å². The summed E-state index contributed by atoms with van der Waals surface area (Å²) in [6, 6.07) is -0.0856. The lowest BCUT2D eigenvalue weighted by Crippen LogP contribution is -2.47. The number of likely N-dealkylation sites (tertiary alicyclic amines) is 1. The molecule has 5 heteroatoms. The van der Waals surface area contributed by atoms with Crippen LogP contribution in [0.25, 0.3) is 0 Å². The third kappa shape index (κ3) is 4.66. The Kier molecular flexibility index (Phi) is 5.45. The minimum Gasteiger partial charge on any atom is -0.394 e. The van der Waals surface area contributed by atoms with Crippen LogP contribution in [0, 0.1) is 5.92 Å². The molecular weight excluding hydrogens is 242 g/mol. The van der Waals surface area contributed by atoms with Gasteiger partial charge in [-0.3, -0.25) is 0 Å². The Morgan fingerprint density at radius 1 is 1.37 bits per heavy atom. The molecule has 1 saturated carbocycles. The van der Waals surface area contributed by atoms with Crippen LogP contribution in [0.1, 0.15) is 39.0 Å². The Labute approximate surface area is 115 Å². The Hall–Kier alpha value is -0.810. The standard InChI is InChI=1S/C14H27N3O2/c1-11(10-18)15-14(19)16-13-6-7-17(9-13)8-12-4-2-3-5-12/h11-13,18H,2-10H2,1H3,(H2,15,16,19)/t11-,13?/m0/s1. The molecule has 1 unspecified atom stereocenters. The third-order valence-corrected chi connectivity index (χ3v) is 4.25. The fourth-order valence-electron chi connectivity index (χ4n) is 3.17. The number of nitrogens with zero attached hydrogens (tertiary/aromatic N) is 1. The highest BCUT2D eigenvalue weighted by atomic mass is 16.3. The van der Waals surface area contributed by atoms with E-state index in [0.29, 0.717) is 0 Å². The van der Waals surface area contributed by atoms with E-state index in [-0.39, 0.29) is 24.7 Å². The van der Waals surface area contributed by atoms with E-state index in [1.165, 1.54) is 32.2 Å². The molecule has 5 nitrogen and oxygen atoms in total. The van der Waals surface area contributed by atoms with Gasteiger partial charge < -0.3 is 20.6 Å². The molecule has 1 aliphatic carbocycles. The number of amides is 2. The lowest BCUT2D eigenvalue weighted by Gasteiger charge is -2.21. The highest BCUT2D eigenvalue weighted by Gasteiger charge is 2.26. The molecular formula is C14H27N3O2. The van der Waals surface area contributed by atoms with Gasteiger partial charge in [0.25, 0.3) is 0 Å².